The Morgan fingerprint density at radius 2 is 1.92 bits per heavy atom. The number of amidine groups is 1. The quantitative estimate of drug-likeness (QED) is 0.232. The Morgan fingerprint density at radius 1 is 1.14 bits per heavy atom. The molecule has 5 N–H and O–H groups in total. The minimum atomic E-state index is 0.268. The molecule has 0 saturated heterocycles. The monoisotopic (exact) mass is 502 g/mol. The Morgan fingerprint density at radius 3 is 2.64 bits per heavy atom. The summed E-state index contributed by atoms with van der Waals surface area (Å²) in [6.07, 6.45) is 7.80. The maximum absolute atomic E-state index is 6.56. The van der Waals surface area contributed by atoms with Crippen molar-refractivity contribution in [2.24, 2.45) is 16.5 Å². The molecule has 0 aliphatic heterocycles. The molecule has 5 rings (SSSR count). The lowest BCUT2D eigenvalue weighted by Crippen LogP contribution is -2.33. The first-order chi connectivity index (χ1) is 17.4. The van der Waals surface area contributed by atoms with Crippen molar-refractivity contribution < 1.29 is 4.74 Å². The number of halogens is 1. The number of hydrogen-bond donors (Lipinski definition) is 3. The Balaban J connectivity index is 1.61. The molecule has 1 aliphatic rings. The van der Waals surface area contributed by atoms with Crippen molar-refractivity contribution in [3.05, 3.63) is 77.1 Å². The first kappa shape index (κ1) is 24.2. The average Bonchev–Trinajstić information content (AvgIpc) is 3.31. The number of nitrogens with zero attached hydrogens (tertiary/aromatic N) is 3. The molecule has 0 amide bonds. The number of hydrogen-bond acceptors (Lipinski definition) is 5. The average molecular weight is 503 g/mol. The van der Waals surface area contributed by atoms with Gasteiger partial charge < -0.3 is 21.5 Å². The second-order valence-corrected chi connectivity index (χ2v) is 9.78. The van der Waals surface area contributed by atoms with Crippen LogP contribution in [0.4, 0.5) is 11.4 Å². The third kappa shape index (κ3) is 4.90. The summed E-state index contributed by atoms with van der Waals surface area (Å²) in [4.78, 5) is 4.64. The first-order valence-corrected chi connectivity index (χ1v) is 12.6. The van der Waals surface area contributed by atoms with Crippen LogP contribution in [-0.4, -0.2) is 34.6 Å². The number of fused-ring (bicyclic) bond motifs is 1. The number of methoxy groups -OCH3 is 1. The molecule has 0 unspecified atom stereocenters. The fraction of sp³-hybridized carbons (Fsp3) is 0.286. The Hall–Kier alpha value is -3.55. The van der Waals surface area contributed by atoms with Gasteiger partial charge in [-0.1, -0.05) is 29.8 Å². The fourth-order valence-electron chi connectivity index (χ4n) is 4.84. The first-order valence-electron chi connectivity index (χ1n) is 12.2. The van der Waals surface area contributed by atoms with Gasteiger partial charge in [-0.2, -0.15) is 5.10 Å². The van der Waals surface area contributed by atoms with E-state index in [-0.39, 0.29) is 6.04 Å². The smallest absolute Gasteiger partial charge is 0.135 e. The zero-order valence-electron chi connectivity index (χ0n) is 20.5. The van der Waals surface area contributed by atoms with Crippen LogP contribution in [0.3, 0.4) is 0 Å². The van der Waals surface area contributed by atoms with Crippen LogP contribution in [0.2, 0.25) is 5.02 Å². The van der Waals surface area contributed by atoms with E-state index < -0.39 is 0 Å². The maximum atomic E-state index is 6.56. The van der Waals surface area contributed by atoms with Crippen LogP contribution >= 0.6 is 11.6 Å². The molecule has 2 aromatic heterocycles. The molecule has 2 aromatic carbocycles. The predicted octanol–water partition coefficient (Wildman–Crippen LogP) is 5.69. The van der Waals surface area contributed by atoms with E-state index in [0.717, 1.165) is 64.9 Å². The molecule has 1 saturated carbocycles. The van der Waals surface area contributed by atoms with Crippen molar-refractivity contribution in [3.63, 3.8) is 0 Å². The number of anilines is 1. The normalized spacial score (nSPS) is 18.4. The molecule has 0 spiro atoms. The molecule has 4 aromatic rings. The number of aromatic nitrogens is 2. The minimum Gasteiger partial charge on any atom is -0.497 e. The van der Waals surface area contributed by atoms with Gasteiger partial charge in [-0.05, 0) is 74.1 Å². The SMILES string of the molecule is COc1ccc(-c2cc3c(N[C@H]4CC[C@H](N)CC4)c(/C(N)=N/c4ccccc4Cl)cnn3c2)c(C)c1. The van der Waals surface area contributed by atoms with Gasteiger partial charge in [0.05, 0.1) is 40.8 Å². The molecule has 36 heavy (non-hydrogen) atoms. The lowest BCUT2D eigenvalue weighted by atomic mass is 9.91. The zero-order valence-corrected chi connectivity index (χ0v) is 21.3. The Labute approximate surface area is 216 Å². The maximum Gasteiger partial charge on any atom is 0.135 e. The van der Waals surface area contributed by atoms with Gasteiger partial charge in [0.15, 0.2) is 0 Å². The molecule has 186 valence electrons. The highest BCUT2D eigenvalue weighted by Gasteiger charge is 2.22. The summed E-state index contributed by atoms with van der Waals surface area (Å²) in [5, 5.41) is 8.99. The van der Waals surface area contributed by atoms with E-state index >= 15 is 0 Å². The molecule has 1 aliphatic carbocycles. The van der Waals surface area contributed by atoms with E-state index in [1.807, 2.05) is 41.0 Å². The van der Waals surface area contributed by atoms with Gasteiger partial charge in [-0.25, -0.2) is 9.51 Å². The molecule has 1 fully saturated rings. The molecule has 8 heteroatoms. The summed E-state index contributed by atoms with van der Waals surface area (Å²) in [5.74, 6) is 1.19. The van der Waals surface area contributed by atoms with E-state index in [1.54, 1.807) is 19.4 Å². The largest absolute Gasteiger partial charge is 0.497 e. The van der Waals surface area contributed by atoms with Gasteiger partial charge in [-0.15, -0.1) is 0 Å². The number of nitrogens with one attached hydrogen (secondary N) is 1. The highest BCUT2D eigenvalue weighted by atomic mass is 35.5. The van der Waals surface area contributed by atoms with E-state index in [9.17, 15) is 0 Å². The van der Waals surface area contributed by atoms with Crippen molar-refractivity contribution in [1.82, 2.24) is 9.61 Å². The van der Waals surface area contributed by atoms with Crippen LogP contribution in [0.15, 0.2) is 65.9 Å². The number of aryl methyl sites for hydroxylation is 1. The molecule has 7 nitrogen and oxygen atoms in total. The summed E-state index contributed by atoms with van der Waals surface area (Å²) in [5.41, 5.74) is 19.2. The van der Waals surface area contributed by atoms with Crippen molar-refractivity contribution in [1.29, 1.82) is 0 Å². The highest BCUT2D eigenvalue weighted by Crippen LogP contribution is 2.34. The summed E-state index contributed by atoms with van der Waals surface area (Å²) in [7, 11) is 1.68. The molecule has 0 bridgehead atoms. The zero-order chi connectivity index (χ0) is 25.2. The van der Waals surface area contributed by atoms with Crippen LogP contribution in [-0.2, 0) is 0 Å². The lowest BCUT2D eigenvalue weighted by Gasteiger charge is -2.28. The highest BCUT2D eigenvalue weighted by molar-refractivity contribution is 6.33. The Kier molecular flexibility index (Phi) is 6.85. The minimum absolute atomic E-state index is 0.268. The second-order valence-electron chi connectivity index (χ2n) is 9.38. The van der Waals surface area contributed by atoms with Crippen LogP contribution in [0.1, 0.15) is 36.8 Å². The van der Waals surface area contributed by atoms with E-state index in [2.05, 4.69) is 34.5 Å². The fourth-order valence-corrected chi connectivity index (χ4v) is 5.01. The van der Waals surface area contributed by atoms with E-state index in [4.69, 9.17) is 27.8 Å². The summed E-state index contributed by atoms with van der Waals surface area (Å²) in [6, 6.07) is 16.2. The van der Waals surface area contributed by atoms with Gasteiger partial charge in [-0.3, -0.25) is 0 Å². The molecule has 0 radical (unpaired) electrons. The van der Waals surface area contributed by atoms with Crippen molar-refractivity contribution in [2.45, 2.75) is 44.7 Å². The van der Waals surface area contributed by atoms with Gasteiger partial charge in [0.1, 0.15) is 11.6 Å². The van der Waals surface area contributed by atoms with E-state index in [0.29, 0.717) is 22.6 Å². The Bertz CT molecular complexity index is 1420. The van der Waals surface area contributed by atoms with Gasteiger partial charge in [0, 0.05) is 23.8 Å². The number of benzene rings is 2. The molecular weight excluding hydrogens is 472 g/mol. The molecule has 0 atom stereocenters. The number of para-hydroxylation sites is 1. The number of rotatable bonds is 6. The van der Waals surface area contributed by atoms with Crippen molar-refractivity contribution in [3.8, 4) is 16.9 Å². The van der Waals surface area contributed by atoms with Crippen LogP contribution in [0.5, 0.6) is 5.75 Å². The number of nitrogens with two attached hydrogens (primary N) is 2. The number of aliphatic imine (C=N–C) groups is 1. The standard InChI is InChI=1S/C28H31ClN6O/c1-17-13-21(36-2)11-12-22(17)18-14-26-27(33-20-9-7-19(30)8-10-20)23(15-32-35(26)16-18)28(31)34-25-6-4-3-5-24(25)29/h3-6,11-16,19-20,33H,7-10,30H2,1-2H3,(H2,31,34)/t19-,20-. The summed E-state index contributed by atoms with van der Waals surface area (Å²) < 4.78 is 7.27. The van der Waals surface area contributed by atoms with Crippen molar-refractivity contribution in [2.75, 3.05) is 12.4 Å². The van der Waals surface area contributed by atoms with E-state index in [1.165, 1.54) is 0 Å². The number of ether oxygens (including phenoxy) is 1. The predicted molar refractivity (Wildman–Crippen MR) is 148 cm³/mol. The summed E-state index contributed by atoms with van der Waals surface area (Å²) >= 11 is 6.35. The van der Waals surface area contributed by atoms with Crippen LogP contribution in [0, 0.1) is 6.92 Å². The van der Waals surface area contributed by atoms with Gasteiger partial charge in [0.2, 0.25) is 0 Å². The third-order valence-corrected chi connectivity index (χ3v) is 7.19. The van der Waals surface area contributed by atoms with Crippen molar-refractivity contribution >= 4 is 34.3 Å². The lowest BCUT2D eigenvalue weighted by molar-refractivity contribution is 0.411. The van der Waals surface area contributed by atoms with Gasteiger partial charge >= 0.3 is 0 Å². The molecular formula is C28H31ClN6O. The topological polar surface area (TPSA) is 103 Å². The third-order valence-electron chi connectivity index (χ3n) is 6.87. The molecule has 2 heterocycles. The van der Waals surface area contributed by atoms with Crippen LogP contribution in [0.25, 0.3) is 16.6 Å². The summed E-state index contributed by atoms with van der Waals surface area (Å²) in [6.45, 7) is 2.08. The van der Waals surface area contributed by atoms with Gasteiger partial charge in [0.25, 0.3) is 0 Å². The van der Waals surface area contributed by atoms with Crippen LogP contribution < -0.4 is 21.5 Å². The second kappa shape index (κ2) is 10.2.